The second-order valence-electron chi connectivity index (χ2n) is 8.45. The number of nitrogens with one attached hydrogen (secondary N) is 1. The van der Waals surface area contributed by atoms with E-state index in [0.717, 1.165) is 42.7 Å². The van der Waals surface area contributed by atoms with Crippen LogP contribution in [0.2, 0.25) is 10.0 Å². The number of anilines is 1. The third kappa shape index (κ3) is 5.14. The van der Waals surface area contributed by atoms with Crippen molar-refractivity contribution in [2.75, 3.05) is 18.4 Å². The van der Waals surface area contributed by atoms with Crippen LogP contribution in [0.15, 0.2) is 34.9 Å². The molecule has 1 aromatic heterocycles. The van der Waals surface area contributed by atoms with Crippen molar-refractivity contribution >= 4 is 34.8 Å². The number of nitrogens with zero attached hydrogens (tertiary/aromatic N) is 3. The zero-order valence-corrected chi connectivity index (χ0v) is 19.9. The summed E-state index contributed by atoms with van der Waals surface area (Å²) in [5.74, 6) is 1.06. The van der Waals surface area contributed by atoms with E-state index >= 15 is 0 Å². The van der Waals surface area contributed by atoms with E-state index in [1.807, 2.05) is 13.8 Å². The van der Waals surface area contributed by atoms with Gasteiger partial charge in [-0.1, -0.05) is 46.1 Å². The summed E-state index contributed by atoms with van der Waals surface area (Å²) < 4.78 is 5.42. The Balaban J connectivity index is 1.33. The lowest BCUT2D eigenvalue weighted by Gasteiger charge is -2.30. The van der Waals surface area contributed by atoms with Crippen molar-refractivity contribution in [2.45, 2.75) is 40.2 Å². The molecule has 1 aliphatic heterocycles. The van der Waals surface area contributed by atoms with Gasteiger partial charge in [-0.2, -0.15) is 4.98 Å². The molecule has 0 aliphatic carbocycles. The molecule has 32 heavy (non-hydrogen) atoms. The van der Waals surface area contributed by atoms with Crippen molar-refractivity contribution in [3.8, 4) is 11.4 Å². The van der Waals surface area contributed by atoms with Gasteiger partial charge in [0.05, 0.1) is 11.6 Å². The van der Waals surface area contributed by atoms with Gasteiger partial charge in [-0.25, -0.2) is 0 Å². The molecule has 1 aliphatic rings. The lowest BCUT2D eigenvalue weighted by Crippen LogP contribution is -2.38. The minimum atomic E-state index is -0.00234. The van der Waals surface area contributed by atoms with Gasteiger partial charge in [0.1, 0.15) is 0 Å². The number of hydrogen-bond acceptors (Lipinski definition) is 5. The number of rotatable bonds is 5. The Bertz CT molecular complexity index is 1110. The molecule has 2 heterocycles. The highest BCUT2D eigenvalue weighted by Gasteiger charge is 2.27. The predicted octanol–water partition coefficient (Wildman–Crippen LogP) is 5.82. The number of likely N-dealkylation sites (tertiary alicyclic amines) is 1. The summed E-state index contributed by atoms with van der Waals surface area (Å²) in [7, 11) is 0. The van der Waals surface area contributed by atoms with Crippen molar-refractivity contribution < 1.29 is 9.32 Å². The molecule has 168 valence electrons. The molecule has 0 radical (unpaired) electrons. The summed E-state index contributed by atoms with van der Waals surface area (Å²) in [5, 5.41) is 8.24. The Labute approximate surface area is 197 Å². The summed E-state index contributed by atoms with van der Waals surface area (Å²) in [6, 6.07) is 9.38. The van der Waals surface area contributed by atoms with E-state index in [9.17, 15) is 4.79 Å². The maximum atomic E-state index is 12.8. The summed E-state index contributed by atoms with van der Waals surface area (Å²) in [4.78, 5) is 19.5. The van der Waals surface area contributed by atoms with Gasteiger partial charge in [0, 0.05) is 22.2 Å². The van der Waals surface area contributed by atoms with Crippen LogP contribution in [0.1, 0.15) is 35.4 Å². The molecular weight excluding hydrogens is 447 g/mol. The summed E-state index contributed by atoms with van der Waals surface area (Å²) in [6.45, 7) is 8.27. The first-order chi connectivity index (χ1) is 15.3. The normalized spacial score (nSPS) is 15.2. The van der Waals surface area contributed by atoms with Gasteiger partial charge in [0.15, 0.2) is 0 Å². The number of carbonyl (C=O) groups is 1. The Morgan fingerprint density at radius 1 is 1.12 bits per heavy atom. The van der Waals surface area contributed by atoms with Crippen LogP contribution in [-0.2, 0) is 11.3 Å². The number of hydrogen-bond donors (Lipinski definition) is 1. The summed E-state index contributed by atoms with van der Waals surface area (Å²) in [5.41, 5.74) is 5.02. The smallest absolute Gasteiger partial charge is 0.241 e. The van der Waals surface area contributed by atoms with E-state index in [4.69, 9.17) is 27.7 Å². The summed E-state index contributed by atoms with van der Waals surface area (Å²) in [6.07, 6.45) is 1.58. The van der Waals surface area contributed by atoms with E-state index in [1.54, 1.807) is 18.2 Å². The fraction of sp³-hybridized carbons (Fsp3) is 0.375. The molecule has 1 N–H and O–H groups in total. The third-order valence-electron chi connectivity index (χ3n) is 5.88. The quantitative estimate of drug-likeness (QED) is 0.506. The van der Waals surface area contributed by atoms with Crippen molar-refractivity contribution in [1.29, 1.82) is 0 Å². The largest absolute Gasteiger partial charge is 0.338 e. The number of aryl methyl sites for hydroxylation is 3. The average Bonchev–Trinajstić information content (AvgIpc) is 3.19. The maximum absolute atomic E-state index is 12.8. The number of carbonyl (C=O) groups excluding carboxylic acids is 1. The second kappa shape index (κ2) is 9.61. The molecule has 3 aromatic rings. The molecule has 0 unspecified atom stereocenters. The van der Waals surface area contributed by atoms with Gasteiger partial charge >= 0.3 is 0 Å². The minimum absolute atomic E-state index is 0.00234. The third-order valence-corrected chi connectivity index (χ3v) is 6.43. The zero-order chi connectivity index (χ0) is 22.8. The monoisotopic (exact) mass is 472 g/mol. The molecule has 1 saturated heterocycles. The van der Waals surface area contributed by atoms with Crippen molar-refractivity contribution in [3.63, 3.8) is 0 Å². The highest BCUT2D eigenvalue weighted by molar-refractivity contribution is 6.36. The highest BCUT2D eigenvalue weighted by atomic mass is 35.5. The number of piperidine rings is 1. The lowest BCUT2D eigenvalue weighted by atomic mass is 9.95. The Kier molecular flexibility index (Phi) is 6.84. The molecule has 8 heteroatoms. The molecule has 0 spiro atoms. The minimum Gasteiger partial charge on any atom is -0.338 e. The van der Waals surface area contributed by atoms with Crippen LogP contribution < -0.4 is 5.32 Å². The molecule has 1 fully saturated rings. The molecule has 0 bridgehead atoms. The van der Waals surface area contributed by atoms with Crippen molar-refractivity contribution in [3.05, 3.63) is 63.0 Å². The van der Waals surface area contributed by atoms with E-state index in [-0.39, 0.29) is 11.8 Å². The molecule has 6 nitrogen and oxygen atoms in total. The molecule has 2 aromatic carbocycles. The summed E-state index contributed by atoms with van der Waals surface area (Å²) >= 11 is 12.2. The van der Waals surface area contributed by atoms with Crippen LogP contribution in [0, 0.1) is 26.7 Å². The molecule has 1 amide bonds. The number of amides is 1. The topological polar surface area (TPSA) is 71.3 Å². The van der Waals surface area contributed by atoms with Gasteiger partial charge in [-0.05, 0) is 76.0 Å². The van der Waals surface area contributed by atoms with Crippen LogP contribution in [0.25, 0.3) is 11.4 Å². The number of halogens is 2. The second-order valence-corrected chi connectivity index (χ2v) is 9.29. The van der Waals surface area contributed by atoms with E-state index in [1.165, 1.54) is 5.56 Å². The van der Waals surface area contributed by atoms with Crippen LogP contribution >= 0.6 is 23.2 Å². The van der Waals surface area contributed by atoms with Crippen LogP contribution in [0.4, 0.5) is 5.69 Å². The van der Waals surface area contributed by atoms with E-state index < -0.39 is 0 Å². The fourth-order valence-electron chi connectivity index (χ4n) is 4.25. The van der Waals surface area contributed by atoms with E-state index in [0.29, 0.717) is 33.9 Å². The molecular formula is C24H26Cl2N4O2. The highest BCUT2D eigenvalue weighted by Crippen LogP contribution is 2.29. The van der Waals surface area contributed by atoms with Crippen molar-refractivity contribution in [2.24, 2.45) is 5.92 Å². The lowest BCUT2D eigenvalue weighted by molar-refractivity contribution is -0.121. The van der Waals surface area contributed by atoms with Crippen LogP contribution in [0.3, 0.4) is 0 Å². The molecule has 0 atom stereocenters. The average molecular weight is 473 g/mol. The fourth-order valence-corrected chi connectivity index (χ4v) is 4.74. The molecule has 4 rings (SSSR count). The Hall–Kier alpha value is -2.41. The van der Waals surface area contributed by atoms with Gasteiger partial charge in [-0.15, -0.1) is 0 Å². The van der Waals surface area contributed by atoms with E-state index in [2.05, 4.69) is 39.4 Å². The van der Waals surface area contributed by atoms with Crippen LogP contribution in [0.5, 0.6) is 0 Å². The number of benzene rings is 2. The standard InChI is InChI=1S/C24H26Cl2N4O2/c1-14-10-15(2)22(16(3)11-14)28-24(31)17-6-8-30(9-7-17)13-21-27-23(29-32-21)19-5-4-18(25)12-20(19)26/h4-5,10-12,17H,6-9,13H2,1-3H3,(H,28,31). The van der Waals surface area contributed by atoms with Crippen molar-refractivity contribution in [1.82, 2.24) is 15.0 Å². The molecule has 0 saturated carbocycles. The Morgan fingerprint density at radius 3 is 2.47 bits per heavy atom. The van der Waals surface area contributed by atoms with Gasteiger partial charge in [0.25, 0.3) is 0 Å². The van der Waals surface area contributed by atoms with Gasteiger partial charge < -0.3 is 9.84 Å². The maximum Gasteiger partial charge on any atom is 0.241 e. The first-order valence-corrected chi connectivity index (χ1v) is 11.4. The Morgan fingerprint density at radius 2 is 1.81 bits per heavy atom. The number of aromatic nitrogens is 2. The zero-order valence-electron chi connectivity index (χ0n) is 18.4. The van der Waals surface area contributed by atoms with Gasteiger partial charge in [-0.3, -0.25) is 9.69 Å². The first-order valence-electron chi connectivity index (χ1n) is 10.7. The van der Waals surface area contributed by atoms with Gasteiger partial charge in [0.2, 0.25) is 17.6 Å². The first kappa shape index (κ1) is 22.8. The van der Waals surface area contributed by atoms with Crippen LogP contribution in [-0.4, -0.2) is 34.0 Å². The predicted molar refractivity (Wildman–Crippen MR) is 127 cm³/mol. The SMILES string of the molecule is Cc1cc(C)c(NC(=O)C2CCN(Cc3nc(-c4ccc(Cl)cc4Cl)no3)CC2)c(C)c1.